The molecule has 0 aliphatic carbocycles. The summed E-state index contributed by atoms with van der Waals surface area (Å²) in [5.41, 5.74) is 2.64. The number of piperazine rings is 1. The smallest absolute Gasteiger partial charge is 0.256 e. The average molecular weight is 313 g/mol. The molecule has 0 spiro atoms. The van der Waals surface area contributed by atoms with Crippen LogP contribution in [0.5, 0.6) is 0 Å². The zero-order valence-corrected chi connectivity index (χ0v) is 13.9. The average Bonchev–Trinajstić information content (AvgIpc) is 2.89. The maximum Gasteiger partial charge on any atom is 0.256 e. The highest BCUT2D eigenvalue weighted by Gasteiger charge is 2.28. The molecule has 2 heterocycles. The van der Waals surface area contributed by atoms with Crippen LogP contribution in [0.1, 0.15) is 29.9 Å². The molecule has 3 rings (SSSR count). The number of aromatic nitrogens is 1. The van der Waals surface area contributed by atoms with Crippen molar-refractivity contribution in [2.75, 3.05) is 26.2 Å². The van der Waals surface area contributed by atoms with Gasteiger partial charge in [-0.1, -0.05) is 32.0 Å². The van der Waals surface area contributed by atoms with Gasteiger partial charge in [0.15, 0.2) is 0 Å². The van der Waals surface area contributed by atoms with Crippen LogP contribution in [0.2, 0.25) is 0 Å². The third-order valence-corrected chi connectivity index (χ3v) is 4.48. The third kappa shape index (κ3) is 2.83. The monoisotopic (exact) mass is 313 g/mol. The van der Waals surface area contributed by atoms with Crippen LogP contribution in [0, 0.1) is 12.8 Å². The van der Waals surface area contributed by atoms with E-state index < -0.39 is 0 Å². The molecular weight excluding hydrogens is 290 g/mol. The number of nitrogens with zero attached hydrogens (tertiary/aromatic N) is 2. The first-order valence-corrected chi connectivity index (χ1v) is 8.14. The van der Waals surface area contributed by atoms with Crippen molar-refractivity contribution >= 4 is 22.7 Å². The van der Waals surface area contributed by atoms with Crippen LogP contribution in [-0.4, -0.2) is 52.8 Å². The molecule has 1 N–H and O–H groups in total. The van der Waals surface area contributed by atoms with Gasteiger partial charge < -0.3 is 14.8 Å². The van der Waals surface area contributed by atoms with E-state index in [-0.39, 0.29) is 17.7 Å². The number of para-hydroxylation sites is 1. The van der Waals surface area contributed by atoms with Gasteiger partial charge in [-0.2, -0.15) is 0 Å². The molecule has 0 radical (unpaired) electrons. The molecule has 1 aliphatic heterocycles. The van der Waals surface area contributed by atoms with Crippen molar-refractivity contribution in [1.82, 2.24) is 14.8 Å². The van der Waals surface area contributed by atoms with E-state index in [0.29, 0.717) is 26.2 Å². The number of aryl methyl sites for hydroxylation is 1. The number of H-pyrrole nitrogens is 1. The lowest BCUT2D eigenvalue weighted by atomic mass is 10.1. The van der Waals surface area contributed by atoms with E-state index in [0.717, 1.165) is 22.2 Å². The normalized spacial score (nSPS) is 15.5. The molecule has 1 aromatic heterocycles. The summed E-state index contributed by atoms with van der Waals surface area (Å²) in [6.45, 7) is 8.18. The predicted octanol–water partition coefficient (Wildman–Crippen LogP) is 2.42. The molecule has 0 saturated carbocycles. The topological polar surface area (TPSA) is 56.4 Å². The maximum atomic E-state index is 12.9. The van der Waals surface area contributed by atoms with Gasteiger partial charge in [-0.05, 0) is 13.0 Å². The minimum absolute atomic E-state index is 0.00751. The Hall–Kier alpha value is -2.30. The van der Waals surface area contributed by atoms with Crippen molar-refractivity contribution in [3.63, 3.8) is 0 Å². The molecule has 0 atom stereocenters. The first-order valence-electron chi connectivity index (χ1n) is 8.14. The number of hydrogen-bond acceptors (Lipinski definition) is 2. The number of fused-ring (bicyclic) bond motifs is 1. The molecule has 1 fully saturated rings. The number of carbonyl (C=O) groups excluding carboxylic acids is 2. The standard InChI is InChI=1S/C18H23N3O2/c1-12(2)17(22)20-8-10-21(11-9-20)18(23)16-13(3)19-15-7-5-4-6-14(15)16/h4-7,12,19H,8-11H2,1-3H3. The van der Waals surface area contributed by atoms with Crippen LogP contribution in [0.3, 0.4) is 0 Å². The van der Waals surface area contributed by atoms with E-state index in [2.05, 4.69) is 4.98 Å². The molecule has 0 unspecified atom stereocenters. The Morgan fingerprint density at radius 2 is 1.65 bits per heavy atom. The second-order valence-electron chi connectivity index (χ2n) is 6.44. The molecule has 122 valence electrons. The fourth-order valence-corrected chi connectivity index (χ4v) is 3.21. The van der Waals surface area contributed by atoms with Gasteiger partial charge in [0.05, 0.1) is 5.56 Å². The number of rotatable bonds is 2. The second-order valence-corrected chi connectivity index (χ2v) is 6.44. The van der Waals surface area contributed by atoms with Crippen molar-refractivity contribution in [2.24, 2.45) is 5.92 Å². The highest BCUT2D eigenvalue weighted by atomic mass is 16.2. The van der Waals surface area contributed by atoms with Crippen LogP contribution < -0.4 is 0 Å². The van der Waals surface area contributed by atoms with Gasteiger partial charge in [0.1, 0.15) is 0 Å². The van der Waals surface area contributed by atoms with E-state index in [9.17, 15) is 9.59 Å². The Bertz CT molecular complexity index is 740. The van der Waals surface area contributed by atoms with Crippen molar-refractivity contribution in [2.45, 2.75) is 20.8 Å². The predicted molar refractivity (Wildman–Crippen MR) is 90.4 cm³/mol. The summed E-state index contributed by atoms with van der Waals surface area (Å²) in [4.78, 5) is 31.9. The molecule has 2 amide bonds. The van der Waals surface area contributed by atoms with Gasteiger partial charge in [-0.15, -0.1) is 0 Å². The van der Waals surface area contributed by atoms with Crippen molar-refractivity contribution < 1.29 is 9.59 Å². The summed E-state index contributed by atoms with van der Waals surface area (Å²) in [6.07, 6.45) is 0. The Morgan fingerprint density at radius 3 is 2.30 bits per heavy atom. The Labute approximate surface area is 136 Å². The van der Waals surface area contributed by atoms with Gasteiger partial charge >= 0.3 is 0 Å². The lowest BCUT2D eigenvalue weighted by molar-refractivity contribution is -0.135. The number of aromatic amines is 1. The van der Waals surface area contributed by atoms with Gasteiger partial charge in [-0.25, -0.2) is 0 Å². The van der Waals surface area contributed by atoms with Gasteiger partial charge in [-0.3, -0.25) is 9.59 Å². The van der Waals surface area contributed by atoms with Gasteiger partial charge in [0.2, 0.25) is 5.91 Å². The van der Waals surface area contributed by atoms with E-state index in [1.807, 2.05) is 54.8 Å². The van der Waals surface area contributed by atoms with Crippen molar-refractivity contribution in [3.8, 4) is 0 Å². The molecule has 23 heavy (non-hydrogen) atoms. The van der Waals surface area contributed by atoms with Crippen LogP contribution in [0.25, 0.3) is 10.9 Å². The maximum absolute atomic E-state index is 12.9. The molecular formula is C18H23N3O2. The van der Waals surface area contributed by atoms with Crippen LogP contribution in [0.4, 0.5) is 0 Å². The molecule has 5 nitrogen and oxygen atoms in total. The van der Waals surface area contributed by atoms with E-state index in [1.54, 1.807) is 0 Å². The number of amides is 2. The molecule has 0 bridgehead atoms. The fraction of sp³-hybridized carbons (Fsp3) is 0.444. The summed E-state index contributed by atoms with van der Waals surface area (Å²) in [5, 5.41) is 0.968. The zero-order chi connectivity index (χ0) is 16.6. The highest BCUT2D eigenvalue weighted by Crippen LogP contribution is 2.24. The van der Waals surface area contributed by atoms with Crippen molar-refractivity contribution in [3.05, 3.63) is 35.5 Å². The summed E-state index contributed by atoms with van der Waals surface area (Å²) in [6, 6.07) is 7.87. The zero-order valence-electron chi connectivity index (χ0n) is 13.9. The highest BCUT2D eigenvalue weighted by molar-refractivity contribution is 6.08. The Balaban J connectivity index is 1.77. The number of nitrogens with one attached hydrogen (secondary N) is 1. The fourth-order valence-electron chi connectivity index (χ4n) is 3.21. The summed E-state index contributed by atoms with van der Waals surface area (Å²) < 4.78 is 0. The molecule has 1 aliphatic rings. The molecule has 1 saturated heterocycles. The summed E-state index contributed by atoms with van der Waals surface area (Å²) in [7, 11) is 0. The van der Waals surface area contributed by atoms with E-state index in [1.165, 1.54) is 0 Å². The van der Waals surface area contributed by atoms with Gasteiger partial charge in [0.25, 0.3) is 5.91 Å². The first-order chi connectivity index (χ1) is 11.0. The van der Waals surface area contributed by atoms with Gasteiger partial charge in [0, 0.05) is 48.7 Å². The summed E-state index contributed by atoms with van der Waals surface area (Å²) >= 11 is 0. The SMILES string of the molecule is Cc1[nH]c2ccccc2c1C(=O)N1CCN(C(=O)C(C)C)CC1. The van der Waals surface area contributed by atoms with Crippen LogP contribution in [-0.2, 0) is 4.79 Å². The number of carbonyl (C=O) groups is 2. The molecule has 1 aromatic carbocycles. The van der Waals surface area contributed by atoms with E-state index >= 15 is 0 Å². The Kier molecular flexibility index (Phi) is 4.11. The Morgan fingerprint density at radius 1 is 1.04 bits per heavy atom. The second kappa shape index (κ2) is 6.07. The summed E-state index contributed by atoms with van der Waals surface area (Å²) in [5.74, 6) is 0.227. The van der Waals surface area contributed by atoms with Crippen LogP contribution >= 0.6 is 0 Å². The number of hydrogen-bond donors (Lipinski definition) is 1. The quantitative estimate of drug-likeness (QED) is 0.925. The lowest BCUT2D eigenvalue weighted by Crippen LogP contribution is -2.51. The van der Waals surface area contributed by atoms with Crippen molar-refractivity contribution in [1.29, 1.82) is 0 Å². The van der Waals surface area contributed by atoms with Crippen LogP contribution in [0.15, 0.2) is 24.3 Å². The largest absolute Gasteiger partial charge is 0.358 e. The first kappa shape index (κ1) is 15.6. The minimum Gasteiger partial charge on any atom is -0.358 e. The minimum atomic E-state index is 0.00751. The van der Waals surface area contributed by atoms with E-state index in [4.69, 9.17) is 0 Å². The third-order valence-electron chi connectivity index (χ3n) is 4.48. The number of benzene rings is 1. The molecule has 5 heteroatoms. The lowest BCUT2D eigenvalue weighted by Gasteiger charge is -2.35. The molecule has 2 aromatic rings.